The molecular weight excluding hydrogens is 424 g/mol. The second-order valence-corrected chi connectivity index (χ2v) is 7.58. The van der Waals surface area contributed by atoms with Gasteiger partial charge < -0.3 is 28.6 Å². The Kier molecular flexibility index (Phi) is 5.43. The maximum absolute atomic E-state index is 12.7. The topological polar surface area (TPSA) is 101 Å². The van der Waals surface area contributed by atoms with Crippen LogP contribution in [-0.4, -0.2) is 34.5 Å². The molecule has 3 heterocycles. The highest BCUT2D eigenvalue weighted by Gasteiger charge is 2.19. The van der Waals surface area contributed by atoms with Crippen LogP contribution in [0.15, 0.2) is 65.3 Å². The fourth-order valence-electron chi connectivity index (χ4n) is 3.66. The van der Waals surface area contributed by atoms with E-state index >= 15 is 0 Å². The molecule has 0 unspecified atom stereocenters. The van der Waals surface area contributed by atoms with Crippen molar-refractivity contribution in [1.29, 1.82) is 0 Å². The molecule has 0 saturated heterocycles. The monoisotopic (exact) mass is 446 g/mol. The largest absolute Gasteiger partial charge is 0.497 e. The number of carbonyl (C=O) groups is 1. The van der Waals surface area contributed by atoms with E-state index in [4.69, 9.17) is 18.7 Å². The first-order valence-corrected chi connectivity index (χ1v) is 10.4. The van der Waals surface area contributed by atoms with Gasteiger partial charge in [-0.15, -0.1) is 0 Å². The van der Waals surface area contributed by atoms with Crippen LogP contribution in [0.5, 0.6) is 17.2 Å². The van der Waals surface area contributed by atoms with Crippen LogP contribution in [-0.2, 0) is 11.3 Å². The van der Waals surface area contributed by atoms with Gasteiger partial charge in [-0.25, -0.2) is 0 Å². The van der Waals surface area contributed by atoms with Crippen molar-refractivity contribution in [2.45, 2.75) is 19.5 Å². The van der Waals surface area contributed by atoms with E-state index in [2.05, 4.69) is 15.5 Å². The first-order valence-electron chi connectivity index (χ1n) is 10.4. The van der Waals surface area contributed by atoms with E-state index in [0.717, 1.165) is 16.9 Å². The van der Waals surface area contributed by atoms with Gasteiger partial charge in [0.05, 0.1) is 13.2 Å². The average molecular weight is 446 g/mol. The van der Waals surface area contributed by atoms with E-state index in [1.54, 1.807) is 17.9 Å². The van der Waals surface area contributed by atoms with Gasteiger partial charge in [0.15, 0.2) is 11.5 Å². The minimum atomic E-state index is -0.173. The third-order valence-electron chi connectivity index (χ3n) is 5.39. The number of amides is 1. The fourth-order valence-corrected chi connectivity index (χ4v) is 3.66. The van der Waals surface area contributed by atoms with E-state index < -0.39 is 0 Å². The zero-order chi connectivity index (χ0) is 22.8. The number of hydrogen-bond acceptors (Lipinski definition) is 7. The maximum Gasteiger partial charge on any atom is 0.274 e. The molecule has 33 heavy (non-hydrogen) atoms. The van der Waals surface area contributed by atoms with Crippen molar-refractivity contribution in [2.75, 3.05) is 13.9 Å². The lowest BCUT2D eigenvalue weighted by Crippen LogP contribution is -2.30. The van der Waals surface area contributed by atoms with Crippen molar-refractivity contribution >= 4 is 5.91 Å². The smallest absolute Gasteiger partial charge is 0.274 e. The van der Waals surface area contributed by atoms with Crippen LogP contribution in [0.3, 0.4) is 0 Å². The molecule has 0 spiro atoms. The zero-order valence-electron chi connectivity index (χ0n) is 18.1. The second-order valence-electron chi connectivity index (χ2n) is 7.58. The van der Waals surface area contributed by atoms with Gasteiger partial charge in [-0.05, 0) is 55.0 Å². The molecule has 9 nitrogen and oxygen atoms in total. The Hall–Kier alpha value is -4.27. The van der Waals surface area contributed by atoms with Crippen LogP contribution in [0.25, 0.3) is 23.0 Å². The minimum absolute atomic E-state index is 0.110. The molecule has 5 rings (SSSR count). The predicted molar refractivity (Wildman–Crippen MR) is 119 cm³/mol. The molecule has 0 bridgehead atoms. The second kappa shape index (κ2) is 8.70. The summed E-state index contributed by atoms with van der Waals surface area (Å²) in [4.78, 5) is 17.2. The first kappa shape index (κ1) is 20.6. The number of nitrogens with one attached hydrogen (secondary N) is 1. The Labute approximate surface area is 189 Å². The molecule has 1 amide bonds. The van der Waals surface area contributed by atoms with Gasteiger partial charge >= 0.3 is 0 Å². The summed E-state index contributed by atoms with van der Waals surface area (Å²) in [5.41, 5.74) is 2.36. The normalized spacial score (nSPS) is 13.0. The van der Waals surface area contributed by atoms with Crippen LogP contribution >= 0.6 is 0 Å². The summed E-state index contributed by atoms with van der Waals surface area (Å²) in [6, 6.07) is 16.6. The molecule has 2 aromatic heterocycles. The molecule has 0 radical (unpaired) electrons. The molecule has 9 heteroatoms. The quantitative estimate of drug-likeness (QED) is 0.461. The maximum atomic E-state index is 12.7. The summed E-state index contributed by atoms with van der Waals surface area (Å²) in [7, 11) is 1.62. The SMILES string of the molecule is COc1cccc([C@@H](C)NC(=O)Cn2cccc2-c2nc(-c3ccc4c(c3)OCO4)no2)c1. The van der Waals surface area contributed by atoms with Crippen molar-refractivity contribution in [2.24, 2.45) is 0 Å². The number of nitrogens with zero attached hydrogens (tertiary/aromatic N) is 3. The van der Waals surface area contributed by atoms with Crippen LogP contribution in [0.1, 0.15) is 18.5 Å². The molecule has 1 N–H and O–H groups in total. The van der Waals surface area contributed by atoms with Crippen molar-refractivity contribution in [3.63, 3.8) is 0 Å². The number of rotatable bonds is 7. The molecule has 2 aromatic carbocycles. The van der Waals surface area contributed by atoms with Gasteiger partial charge in [-0.2, -0.15) is 4.98 Å². The summed E-state index contributed by atoms with van der Waals surface area (Å²) < 4.78 is 23.3. The Balaban J connectivity index is 1.29. The van der Waals surface area contributed by atoms with E-state index in [9.17, 15) is 4.79 Å². The lowest BCUT2D eigenvalue weighted by atomic mass is 10.1. The van der Waals surface area contributed by atoms with Crippen molar-refractivity contribution in [1.82, 2.24) is 20.0 Å². The molecular formula is C24H22N4O5. The number of aromatic nitrogens is 3. The molecule has 1 atom stereocenters. The lowest BCUT2D eigenvalue weighted by Gasteiger charge is -2.16. The number of methoxy groups -OCH3 is 1. The van der Waals surface area contributed by atoms with Gasteiger partial charge in [-0.3, -0.25) is 4.79 Å². The van der Waals surface area contributed by atoms with E-state index in [1.165, 1.54) is 0 Å². The van der Waals surface area contributed by atoms with Crippen LogP contribution in [0, 0.1) is 0 Å². The Morgan fingerprint density at radius 3 is 2.91 bits per heavy atom. The third kappa shape index (κ3) is 4.25. The highest BCUT2D eigenvalue weighted by molar-refractivity contribution is 5.77. The van der Waals surface area contributed by atoms with Crippen molar-refractivity contribution < 1.29 is 23.5 Å². The zero-order valence-corrected chi connectivity index (χ0v) is 18.1. The molecule has 1 aliphatic heterocycles. The number of benzene rings is 2. The summed E-state index contributed by atoms with van der Waals surface area (Å²) in [6.07, 6.45) is 1.80. The molecule has 0 fully saturated rings. The highest BCUT2D eigenvalue weighted by Crippen LogP contribution is 2.35. The molecule has 168 valence electrons. The van der Waals surface area contributed by atoms with Crippen LogP contribution < -0.4 is 19.5 Å². The Morgan fingerprint density at radius 2 is 2.03 bits per heavy atom. The predicted octanol–water partition coefficient (Wildman–Crippen LogP) is 3.82. The van der Waals surface area contributed by atoms with Gasteiger partial charge in [0.1, 0.15) is 18.0 Å². The van der Waals surface area contributed by atoms with E-state index in [-0.39, 0.29) is 25.3 Å². The van der Waals surface area contributed by atoms with E-state index in [1.807, 2.05) is 61.5 Å². The summed E-state index contributed by atoms with van der Waals surface area (Å²) in [5.74, 6) is 2.68. The van der Waals surface area contributed by atoms with Crippen molar-refractivity contribution in [3.8, 4) is 40.2 Å². The van der Waals surface area contributed by atoms with Gasteiger partial charge in [0.25, 0.3) is 5.89 Å². The molecule has 1 aliphatic rings. The molecule has 0 saturated carbocycles. The molecule has 0 aliphatic carbocycles. The minimum Gasteiger partial charge on any atom is -0.497 e. The summed E-state index contributed by atoms with van der Waals surface area (Å²) in [6.45, 7) is 2.24. The Morgan fingerprint density at radius 1 is 1.15 bits per heavy atom. The first-order chi connectivity index (χ1) is 16.1. The summed E-state index contributed by atoms with van der Waals surface area (Å²) in [5, 5.41) is 7.10. The van der Waals surface area contributed by atoms with Crippen LogP contribution in [0.4, 0.5) is 0 Å². The van der Waals surface area contributed by atoms with Gasteiger partial charge in [-0.1, -0.05) is 17.3 Å². The average Bonchev–Trinajstić information content (AvgIpc) is 3.58. The standard InChI is InChI=1S/C24H22N4O5/c1-15(16-5-3-6-18(11-16)30-2)25-22(29)13-28-10-4-7-19(28)24-26-23(27-33-24)17-8-9-20-21(12-17)32-14-31-20/h3-12,15H,13-14H2,1-2H3,(H,25,29)/t15-/m1/s1. The highest BCUT2D eigenvalue weighted by atomic mass is 16.7. The van der Waals surface area contributed by atoms with Crippen molar-refractivity contribution in [3.05, 3.63) is 66.4 Å². The van der Waals surface area contributed by atoms with Gasteiger partial charge in [0.2, 0.25) is 18.5 Å². The number of ether oxygens (including phenoxy) is 3. The number of carbonyl (C=O) groups excluding carboxylic acids is 1. The Bertz CT molecular complexity index is 1300. The number of fused-ring (bicyclic) bond motifs is 1. The number of hydrogen-bond donors (Lipinski definition) is 1. The van der Waals surface area contributed by atoms with Gasteiger partial charge in [0, 0.05) is 11.8 Å². The fraction of sp³-hybridized carbons (Fsp3) is 0.208. The molecule has 4 aromatic rings. The van der Waals surface area contributed by atoms with Crippen LogP contribution in [0.2, 0.25) is 0 Å². The lowest BCUT2D eigenvalue weighted by molar-refractivity contribution is -0.122. The third-order valence-corrected chi connectivity index (χ3v) is 5.39. The summed E-state index contributed by atoms with van der Waals surface area (Å²) >= 11 is 0. The van der Waals surface area contributed by atoms with E-state index in [0.29, 0.717) is 28.9 Å².